The molecule has 11 heteroatoms. The van der Waals surface area contributed by atoms with Gasteiger partial charge in [0.2, 0.25) is 0 Å². The van der Waals surface area contributed by atoms with E-state index in [-0.39, 0.29) is 17.9 Å². The first-order valence-corrected chi connectivity index (χ1v) is 15.1. The van der Waals surface area contributed by atoms with Crippen LogP contribution in [-0.2, 0) is 4.79 Å². The van der Waals surface area contributed by atoms with Crippen LogP contribution in [0.5, 0.6) is 0 Å². The third-order valence-corrected chi connectivity index (χ3v) is 8.20. The number of rotatable bonds is 9. The Hall–Kier alpha value is -5.16. The quantitative estimate of drug-likeness (QED) is 0.195. The smallest absolute Gasteiger partial charge is 0.323 e. The number of nitrogens with one attached hydrogen (secondary N) is 3. The molecule has 2 heterocycles. The molecule has 10 nitrogen and oxygen atoms in total. The number of aryl methyl sites for hydroxylation is 1. The highest BCUT2D eigenvalue weighted by Gasteiger charge is 2.26. The van der Waals surface area contributed by atoms with Crippen LogP contribution < -0.4 is 20.9 Å². The lowest BCUT2D eigenvalue weighted by molar-refractivity contribution is -0.137. The molecule has 1 aromatic heterocycles. The van der Waals surface area contributed by atoms with Gasteiger partial charge in [-0.3, -0.25) is 14.4 Å². The molecular weight excluding hydrogens is 578 g/mol. The number of aliphatic carboxylic acids is 1. The van der Waals surface area contributed by atoms with E-state index in [0.717, 1.165) is 5.56 Å². The van der Waals surface area contributed by atoms with Gasteiger partial charge in [-0.25, -0.2) is 4.79 Å². The van der Waals surface area contributed by atoms with E-state index in [4.69, 9.17) is 0 Å². The van der Waals surface area contributed by atoms with Crippen molar-refractivity contribution in [2.24, 2.45) is 0 Å². The molecule has 1 unspecified atom stereocenters. The minimum atomic E-state index is -1.04. The minimum absolute atomic E-state index is 0.00301. The molecule has 0 radical (unpaired) electrons. The van der Waals surface area contributed by atoms with Crippen LogP contribution >= 0.6 is 11.3 Å². The van der Waals surface area contributed by atoms with Gasteiger partial charge in [0.15, 0.2) is 0 Å². The Morgan fingerprint density at radius 1 is 0.864 bits per heavy atom. The summed E-state index contributed by atoms with van der Waals surface area (Å²) in [5.74, 6) is -1.51. The fraction of sp³-hybridized carbons (Fsp3) is 0.212. The second kappa shape index (κ2) is 13.9. The molecule has 1 aliphatic heterocycles. The number of carboxylic acids is 1. The van der Waals surface area contributed by atoms with E-state index in [0.29, 0.717) is 53.7 Å². The predicted octanol–water partition coefficient (Wildman–Crippen LogP) is 5.61. The summed E-state index contributed by atoms with van der Waals surface area (Å²) in [5.41, 5.74) is 3.68. The molecule has 1 fully saturated rings. The van der Waals surface area contributed by atoms with Crippen LogP contribution in [0.15, 0.2) is 90.3 Å². The second-order valence-corrected chi connectivity index (χ2v) is 11.4. The first kappa shape index (κ1) is 30.3. The van der Waals surface area contributed by atoms with Crippen LogP contribution in [0.3, 0.4) is 0 Å². The number of piperazine rings is 1. The minimum Gasteiger partial charge on any atom is -0.481 e. The summed E-state index contributed by atoms with van der Waals surface area (Å²) in [4.78, 5) is 55.5. The topological polar surface area (TPSA) is 131 Å². The number of carboxylic acid groups (broad SMARTS) is 1. The molecular formula is C33H33N5O5S. The van der Waals surface area contributed by atoms with E-state index in [1.54, 1.807) is 42.5 Å². The van der Waals surface area contributed by atoms with E-state index in [9.17, 15) is 24.3 Å². The standard InChI is InChI=1S/C33H33N5O5S/c1-22-9-11-23(12-10-22)26(21-30(39)40)35-31(41)24-13-14-28(27(20-24)36-33(43)34-25-6-3-2-4-7-25)37-15-17-38(18-16-37)32(42)29-8-5-19-44-29/h2-14,19-20,26H,15-18,21H2,1H3,(H,35,41)(H,39,40)(H2,34,36,43). The van der Waals surface area contributed by atoms with Crippen molar-refractivity contribution in [2.75, 3.05) is 41.7 Å². The highest BCUT2D eigenvalue weighted by Crippen LogP contribution is 2.30. The van der Waals surface area contributed by atoms with Crippen LogP contribution in [0.25, 0.3) is 0 Å². The highest BCUT2D eigenvalue weighted by atomic mass is 32.1. The number of amides is 4. The van der Waals surface area contributed by atoms with Crippen LogP contribution in [0.2, 0.25) is 0 Å². The summed E-state index contributed by atoms with van der Waals surface area (Å²) in [7, 11) is 0. The largest absolute Gasteiger partial charge is 0.481 e. The number of nitrogens with zero attached hydrogens (tertiary/aromatic N) is 2. The summed E-state index contributed by atoms with van der Waals surface area (Å²) < 4.78 is 0. The van der Waals surface area contributed by atoms with Crippen LogP contribution in [-0.4, -0.2) is 60.0 Å². The zero-order valence-corrected chi connectivity index (χ0v) is 25.0. The first-order chi connectivity index (χ1) is 21.3. The van der Waals surface area contributed by atoms with Crippen LogP contribution in [0, 0.1) is 6.92 Å². The van der Waals surface area contributed by atoms with Crippen molar-refractivity contribution in [1.82, 2.24) is 10.2 Å². The third-order valence-electron chi connectivity index (χ3n) is 7.34. The number of para-hydroxylation sites is 1. The Balaban J connectivity index is 1.37. The van der Waals surface area contributed by atoms with Crippen LogP contribution in [0.1, 0.15) is 43.6 Å². The number of carbonyl (C=O) groups is 4. The molecule has 1 atom stereocenters. The molecule has 1 aliphatic rings. The lowest BCUT2D eigenvalue weighted by Gasteiger charge is -2.37. The SMILES string of the molecule is Cc1ccc(C(CC(=O)O)NC(=O)c2ccc(N3CCN(C(=O)c4cccs4)CC3)c(NC(=O)Nc3ccccc3)c2)cc1. The first-order valence-electron chi connectivity index (χ1n) is 14.2. The van der Waals surface area contributed by atoms with Crippen molar-refractivity contribution in [1.29, 1.82) is 0 Å². The average Bonchev–Trinajstić information content (AvgIpc) is 3.56. The number of anilines is 3. The van der Waals surface area contributed by atoms with Gasteiger partial charge in [-0.2, -0.15) is 0 Å². The number of hydrogen-bond donors (Lipinski definition) is 4. The van der Waals surface area contributed by atoms with Crippen molar-refractivity contribution in [3.05, 3.63) is 112 Å². The van der Waals surface area contributed by atoms with E-state index in [1.807, 2.05) is 59.7 Å². The lowest BCUT2D eigenvalue weighted by atomic mass is 10.0. The summed E-state index contributed by atoms with van der Waals surface area (Å²) in [6.07, 6.45) is -0.286. The van der Waals surface area contributed by atoms with Gasteiger partial charge in [-0.15, -0.1) is 11.3 Å². The summed E-state index contributed by atoms with van der Waals surface area (Å²) in [6.45, 7) is 4.00. The second-order valence-electron chi connectivity index (χ2n) is 10.5. The van der Waals surface area contributed by atoms with Crippen molar-refractivity contribution >= 4 is 52.2 Å². The Morgan fingerprint density at radius 3 is 2.25 bits per heavy atom. The number of benzene rings is 3. The van der Waals surface area contributed by atoms with Gasteiger partial charge >= 0.3 is 12.0 Å². The number of urea groups is 1. The van der Waals surface area contributed by atoms with E-state index < -0.39 is 23.9 Å². The van der Waals surface area contributed by atoms with Gasteiger partial charge in [0.25, 0.3) is 11.8 Å². The Kier molecular flexibility index (Phi) is 9.56. The number of thiophene rings is 1. The Morgan fingerprint density at radius 2 is 1.59 bits per heavy atom. The van der Waals surface area contributed by atoms with Crippen molar-refractivity contribution < 1.29 is 24.3 Å². The van der Waals surface area contributed by atoms with E-state index in [2.05, 4.69) is 20.9 Å². The maximum Gasteiger partial charge on any atom is 0.323 e. The molecule has 3 aromatic carbocycles. The highest BCUT2D eigenvalue weighted by molar-refractivity contribution is 7.12. The molecule has 4 amide bonds. The molecule has 4 N–H and O–H groups in total. The molecule has 44 heavy (non-hydrogen) atoms. The average molecular weight is 612 g/mol. The van der Waals surface area contributed by atoms with Gasteiger partial charge in [-0.05, 0) is 54.3 Å². The predicted molar refractivity (Wildman–Crippen MR) is 172 cm³/mol. The fourth-order valence-corrected chi connectivity index (χ4v) is 5.72. The van der Waals surface area contributed by atoms with Gasteiger partial charge in [0, 0.05) is 37.4 Å². The zero-order valence-electron chi connectivity index (χ0n) is 24.2. The summed E-state index contributed by atoms with van der Waals surface area (Å²) in [6, 6.07) is 23.8. The normalized spacial score (nSPS) is 13.6. The van der Waals surface area contributed by atoms with Gasteiger partial charge in [0.1, 0.15) is 0 Å². The molecule has 0 aliphatic carbocycles. The molecule has 0 bridgehead atoms. The Bertz CT molecular complexity index is 1620. The van der Waals surface area contributed by atoms with Crippen LogP contribution in [0.4, 0.5) is 21.9 Å². The monoisotopic (exact) mass is 611 g/mol. The summed E-state index contributed by atoms with van der Waals surface area (Å²) >= 11 is 1.41. The molecule has 0 spiro atoms. The lowest BCUT2D eigenvalue weighted by Crippen LogP contribution is -2.48. The molecule has 4 aromatic rings. The molecule has 1 saturated heterocycles. The maximum absolute atomic E-state index is 13.4. The number of hydrogen-bond acceptors (Lipinski definition) is 6. The maximum atomic E-state index is 13.4. The molecule has 5 rings (SSSR count). The Labute approximate surface area is 259 Å². The van der Waals surface area contributed by atoms with Crippen molar-refractivity contribution in [3.63, 3.8) is 0 Å². The van der Waals surface area contributed by atoms with Crippen molar-refractivity contribution in [2.45, 2.75) is 19.4 Å². The molecule has 226 valence electrons. The fourth-order valence-electron chi connectivity index (χ4n) is 5.03. The number of carbonyl (C=O) groups excluding carboxylic acids is 3. The van der Waals surface area contributed by atoms with Gasteiger partial charge in [0.05, 0.1) is 28.7 Å². The van der Waals surface area contributed by atoms with Gasteiger partial charge in [-0.1, -0.05) is 54.1 Å². The molecule has 0 saturated carbocycles. The summed E-state index contributed by atoms with van der Waals surface area (Å²) in [5, 5.41) is 19.9. The van der Waals surface area contributed by atoms with E-state index >= 15 is 0 Å². The van der Waals surface area contributed by atoms with Gasteiger partial charge < -0.3 is 30.9 Å². The van der Waals surface area contributed by atoms with Crippen molar-refractivity contribution in [3.8, 4) is 0 Å². The zero-order chi connectivity index (χ0) is 31.1. The van der Waals surface area contributed by atoms with E-state index in [1.165, 1.54) is 11.3 Å². The third kappa shape index (κ3) is 7.61.